The minimum Gasteiger partial charge on any atom is -0.385 e. The van der Waals surface area contributed by atoms with Crippen LogP contribution in [-0.4, -0.2) is 49.6 Å². The molecule has 104 valence electrons. The lowest BCUT2D eigenvalue weighted by molar-refractivity contribution is -0.146. The van der Waals surface area contributed by atoms with E-state index in [0.717, 1.165) is 19.3 Å². The molecule has 0 aliphatic carbocycles. The Balaban J connectivity index is 2.55. The van der Waals surface area contributed by atoms with Crippen LogP contribution in [0.3, 0.4) is 0 Å². The van der Waals surface area contributed by atoms with E-state index in [4.69, 9.17) is 4.74 Å². The predicted molar refractivity (Wildman–Crippen MR) is 69.1 cm³/mol. The highest BCUT2D eigenvalue weighted by Crippen LogP contribution is 2.16. The highest BCUT2D eigenvalue weighted by Gasteiger charge is 2.34. The van der Waals surface area contributed by atoms with Crippen molar-refractivity contribution in [1.82, 2.24) is 10.2 Å². The van der Waals surface area contributed by atoms with Gasteiger partial charge in [0.05, 0.1) is 6.54 Å². The number of piperazine rings is 1. The lowest BCUT2D eigenvalue weighted by Gasteiger charge is -2.35. The Morgan fingerprint density at radius 1 is 1.39 bits per heavy atom. The number of amides is 2. The topological polar surface area (TPSA) is 58.6 Å². The summed E-state index contributed by atoms with van der Waals surface area (Å²) in [5.41, 5.74) is 0. The highest BCUT2D eigenvalue weighted by atomic mass is 16.5. The predicted octanol–water partition coefficient (Wildman–Crippen LogP) is 0.786. The van der Waals surface area contributed by atoms with Crippen LogP contribution < -0.4 is 5.32 Å². The molecule has 2 amide bonds. The number of hydrogen-bond acceptors (Lipinski definition) is 3. The van der Waals surface area contributed by atoms with E-state index in [2.05, 4.69) is 19.2 Å². The summed E-state index contributed by atoms with van der Waals surface area (Å²) in [7, 11) is 1.67. The quantitative estimate of drug-likeness (QED) is 0.685. The van der Waals surface area contributed by atoms with Gasteiger partial charge in [0.25, 0.3) is 0 Å². The Labute approximate surface area is 109 Å². The molecule has 1 fully saturated rings. The summed E-state index contributed by atoms with van der Waals surface area (Å²) in [6, 6.07) is -0.297. The zero-order valence-corrected chi connectivity index (χ0v) is 11.6. The first-order valence-electron chi connectivity index (χ1n) is 6.62. The molecule has 1 rings (SSSR count). The van der Waals surface area contributed by atoms with Crippen LogP contribution in [0.1, 0.15) is 33.1 Å². The van der Waals surface area contributed by atoms with E-state index in [1.807, 2.05) is 0 Å². The van der Waals surface area contributed by atoms with Crippen molar-refractivity contribution in [1.29, 1.82) is 0 Å². The van der Waals surface area contributed by atoms with E-state index < -0.39 is 0 Å². The van der Waals surface area contributed by atoms with Gasteiger partial charge < -0.3 is 15.0 Å². The molecule has 1 N–H and O–H groups in total. The van der Waals surface area contributed by atoms with Crippen LogP contribution in [0.25, 0.3) is 0 Å². The van der Waals surface area contributed by atoms with Crippen LogP contribution >= 0.6 is 0 Å². The fourth-order valence-corrected chi connectivity index (χ4v) is 2.19. The van der Waals surface area contributed by atoms with Crippen LogP contribution in [0.5, 0.6) is 0 Å². The van der Waals surface area contributed by atoms with Crippen molar-refractivity contribution >= 4 is 11.8 Å². The maximum atomic E-state index is 11.9. The van der Waals surface area contributed by atoms with Gasteiger partial charge in [0.2, 0.25) is 11.8 Å². The van der Waals surface area contributed by atoms with Gasteiger partial charge in [-0.3, -0.25) is 9.59 Å². The Hall–Kier alpha value is -1.10. The number of methoxy groups -OCH3 is 1. The van der Waals surface area contributed by atoms with Gasteiger partial charge in [-0.2, -0.15) is 0 Å². The third-order valence-electron chi connectivity index (χ3n) is 3.11. The van der Waals surface area contributed by atoms with E-state index in [0.29, 0.717) is 19.1 Å². The van der Waals surface area contributed by atoms with Crippen molar-refractivity contribution in [3.8, 4) is 0 Å². The van der Waals surface area contributed by atoms with E-state index >= 15 is 0 Å². The van der Waals surface area contributed by atoms with E-state index in [1.54, 1.807) is 12.0 Å². The average molecular weight is 256 g/mol. The Morgan fingerprint density at radius 2 is 2.11 bits per heavy atom. The first kappa shape index (κ1) is 15.0. The Kier molecular flexibility index (Phi) is 6.12. The molecule has 1 unspecified atom stereocenters. The zero-order valence-electron chi connectivity index (χ0n) is 11.6. The van der Waals surface area contributed by atoms with Crippen molar-refractivity contribution in [3.63, 3.8) is 0 Å². The minimum atomic E-state index is -0.297. The van der Waals surface area contributed by atoms with E-state index in [1.165, 1.54) is 0 Å². The molecule has 1 atom stereocenters. The maximum absolute atomic E-state index is 11.9. The first-order valence-corrected chi connectivity index (χ1v) is 6.62. The van der Waals surface area contributed by atoms with Crippen molar-refractivity contribution in [2.45, 2.75) is 39.2 Å². The standard InChI is InChI=1S/C13H24N2O3/c1-10(2)8-11-13(17)14-9-12(16)15(11)6-4-5-7-18-3/h10-11H,4-9H2,1-3H3,(H,14,17). The number of nitrogens with one attached hydrogen (secondary N) is 1. The second-order valence-corrected chi connectivity index (χ2v) is 5.15. The van der Waals surface area contributed by atoms with Gasteiger partial charge in [0.15, 0.2) is 0 Å². The Bertz CT molecular complexity index is 292. The second-order valence-electron chi connectivity index (χ2n) is 5.15. The van der Waals surface area contributed by atoms with Crippen LogP contribution in [0.4, 0.5) is 0 Å². The van der Waals surface area contributed by atoms with Crippen LogP contribution in [0, 0.1) is 5.92 Å². The van der Waals surface area contributed by atoms with Crippen molar-refractivity contribution < 1.29 is 14.3 Å². The molecule has 5 nitrogen and oxygen atoms in total. The van der Waals surface area contributed by atoms with Gasteiger partial charge in [0, 0.05) is 20.3 Å². The van der Waals surface area contributed by atoms with E-state index in [9.17, 15) is 9.59 Å². The van der Waals surface area contributed by atoms with Gasteiger partial charge in [-0.1, -0.05) is 13.8 Å². The lowest BCUT2D eigenvalue weighted by atomic mass is 9.99. The number of unbranched alkanes of at least 4 members (excludes halogenated alkanes) is 1. The normalized spacial score (nSPS) is 20.4. The molecule has 0 aromatic heterocycles. The molecule has 0 bridgehead atoms. The molecule has 0 radical (unpaired) electrons. The number of nitrogens with zero attached hydrogens (tertiary/aromatic N) is 1. The number of ether oxygens (including phenoxy) is 1. The smallest absolute Gasteiger partial charge is 0.243 e. The van der Waals surface area contributed by atoms with Gasteiger partial charge >= 0.3 is 0 Å². The summed E-state index contributed by atoms with van der Waals surface area (Å²) >= 11 is 0. The van der Waals surface area contributed by atoms with Gasteiger partial charge in [-0.25, -0.2) is 0 Å². The van der Waals surface area contributed by atoms with Gasteiger partial charge in [-0.15, -0.1) is 0 Å². The fraction of sp³-hybridized carbons (Fsp3) is 0.846. The lowest BCUT2D eigenvalue weighted by Crippen LogP contribution is -2.58. The summed E-state index contributed by atoms with van der Waals surface area (Å²) in [4.78, 5) is 25.5. The Morgan fingerprint density at radius 3 is 2.72 bits per heavy atom. The van der Waals surface area contributed by atoms with Gasteiger partial charge in [0.1, 0.15) is 6.04 Å². The number of rotatable bonds is 7. The van der Waals surface area contributed by atoms with Crippen molar-refractivity contribution in [3.05, 3.63) is 0 Å². The largest absolute Gasteiger partial charge is 0.385 e. The molecule has 18 heavy (non-hydrogen) atoms. The number of carbonyl (C=O) groups is 2. The van der Waals surface area contributed by atoms with Crippen molar-refractivity contribution in [2.24, 2.45) is 5.92 Å². The fourth-order valence-electron chi connectivity index (χ4n) is 2.19. The van der Waals surface area contributed by atoms with Gasteiger partial charge in [-0.05, 0) is 25.2 Å². The molecule has 0 spiro atoms. The SMILES string of the molecule is COCCCCN1C(=O)CNC(=O)C1CC(C)C. The molecule has 1 saturated heterocycles. The third-order valence-corrected chi connectivity index (χ3v) is 3.11. The summed E-state index contributed by atoms with van der Waals surface area (Å²) in [5, 5.41) is 2.66. The van der Waals surface area contributed by atoms with Crippen LogP contribution in [0.2, 0.25) is 0 Å². The average Bonchev–Trinajstić information content (AvgIpc) is 2.32. The third kappa shape index (κ3) is 4.29. The number of carbonyl (C=O) groups excluding carboxylic acids is 2. The second kappa shape index (κ2) is 7.36. The summed E-state index contributed by atoms with van der Waals surface area (Å²) in [5.74, 6) is 0.404. The molecule has 0 aromatic carbocycles. The highest BCUT2D eigenvalue weighted by molar-refractivity contribution is 5.94. The molecule has 1 aliphatic heterocycles. The molecule has 5 heteroatoms. The number of hydrogen-bond donors (Lipinski definition) is 1. The van der Waals surface area contributed by atoms with Crippen molar-refractivity contribution in [2.75, 3.05) is 26.8 Å². The molecule has 0 saturated carbocycles. The maximum Gasteiger partial charge on any atom is 0.243 e. The van der Waals surface area contributed by atoms with E-state index in [-0.39, 0.29) is 24.4 Å². The molecule has 1 heterocycles. The molecule has 1 aliphatic rings. The summed E-state index contributed by atoms with van der Waals surface area (Å²) < 4.78 is 4.99. The first-order chi connectivity index (χ1) is 8.56. The summed E-state index contributed by atoms with van der Waals surface area (Å²) in [6.07, 6.45) is 2.51. The minimum absolute atomic E-state index is 0.0185. The van der Waals surface area contributed by atoms with Crippen LogP contribution in [-0.2, 0) is 14.3 Å². The molecule has 0 aromatic rings. The summed E-state index contributed by atoms with van der Waals surface area (Å²) in [6.45, 7) is 5.61. The monoisotopic (exact) mass is 256 g/mol. The molecular formula is C13H24N2O3. The van der Waals surface area contributed by atoms with Crippen LogP contribution in [0.15, 0.2) is 0 Å². The zero-order chi connectivity index (χ0) is 13.5. The molecular weight excluding hydrogens is 232 g/mol.